The second-order valence-electron chi connectivity index (χ2n) is 8.55. The first kappa shape index (κ1) is 20.7. The third-order valence-electron chi connectivity index (χ3n) is 6.81. The Labute approximate surface area is 177 Å². The lowest BCUT2D eigenvalue weighted by Gasteiger charge is -2.40. The van der Waals surface area contributed by atoms with Crippen LogP contribution in [0.1, 0.15) is 64.2 Å². The summed E-state index contributed by atoms with van der Waals surface area (Å²) < 4.78 is 11.7. The van der Waals surface area contributed by atoms with Gasteiger partial charge in [-0.2, -0.15) is 0 Å². The van der Waals surface area contributed by atoms with Crippen LogP contribution in [0.3, 0.4) is 0 Å². The molecular formula is C26H35O2P. The highest BCUT2D eigenvalue weighted by Crippen LogP contribution is 2.57. The number of benzene rings is 2. The number of rotatable bonds is 6. The van der Waals surface area contributed by atoms with Gasteiger partial charge in [-0.3, -0.25) is 0 Å². The van der Waals surface area contributed by atoms with E-state index in [0.717, 1.165) is 22.8 Å². The molecule has 0 unspecified atom stereocenters. The molecular weight excluding hydrogens is 375 g/mol. The molecule has 3 heteroatoms. The highest BCUT2D eigenvalue weighted by Gasteiger charge is 2.34. The van der Waals surface area contributed by atoms with E-state index in [4.69, 9.17) is 9.47 Å². The first-order chi connectivity index (χ1) is 14.3. The fourth-order valence-electron chi connectivity index (χ4n) is 5.44. The highest BCUT2D eigenvalue weighted by molar-refractivity contribution is 7.67. The van der Waals surface area contributed by atoms with Crippen molar-refractivity contribution in [1.82, 2.24) is 0 Å². The molecule has 2 saturated carbocycles. The summed E-state index contributed by atoms with van der Waals surface area (Å²) in [5, 5.41) is 1.56. The Kier molecular flexibility index (Phi) is 7.14. The normalized spacial score (nSPS) is 18.7. The van der Waals surface area contributed by atoms with Crippen molar-refractivity contribution in [2.75, 3.05) is 14.2 Å². The molecule has 0 saturated heterocycles. The van der Waals surface area contributed by atoms with E-state index in [1.807, 2.05) is 7.11 Å². The van der Waals surface area contributed by atoms with Gasteiger partial charge in [0, 0.05) is 11.1 Å². The van der Waals surface area contributed by atoms with Crippen LogP contribution in [0.2, 0.25) is 0 Å². The Hall–Kier alpha value is -1.53. The fourth-order valence-corrected chi connectivity index (χ4v) is 9.41. The molecule has 0 radical (unpaired) electrons. The first-order valence-electron chi connectivity index (χ1n) is 11.4. The standard InChI is InChI=1S/C26H35O2P/c1-27-23-17-10-9-16-22(23)26-24(28-2)18-11-19-25(26)29(20-12-5-3-6-13-20)21-14-7-4-8-15-21/h9-11,16-21H,3-8,12-15H2,1-2H3. The van der Waals surface area contributed by atoms with Gasteiger partial charge in [0.05, 0.1) is 14.2 Å². The minimum atomic E-state index is -0.211. The van der Waals surface area contributed by atoms with Crippen LogP contribution < -0.4 is 14.8 Å². The van der Waals surface area contributed by atoms with Crippen LogP contribution in [0, 0.1) is 0 Å². The molecule has 2 aliphatic rings. The van der Waals surface area contributed by atoms with Gasteiger partial charge >= 0.3 is 0 Å². The number of hydrogen-bond donors (Lipinski definition) is 0. The molecule has 0 aliphatic heterocycles. The zero-order valence-electron chi connectivity index (χ0n) is 18.0. The Morgan fingerprint density at radius 3 is 1.79 bits per heavy atom. The quantitative estimate of drug-likeness (QED) is 0.471. The third-order valence-corrected chi connectivity index (χ3v) is 10.4. The van der Waals surface area contributed by atoms with Gasteiger partial charge in [-0.1, -0.05) is 76.8 Å². The molecule has 4 rings (SSSR count). The van der Waals surface area contributed by atoms with Gasteiger partial charge in [-0.25, -0.2) is 0 Å². The maximum Gasteiger partial charge on any atom is 0.127 e. The van der Waals surface area contributed by atoms with Gasteiger partial charge in [-0.15, -0.1) is 0 Å². The predicted octanol–water partition coefficient (Wildman–Crippen LogP) is 7.14. The summed E-state index contributed by atoms with van der Waals surface area (Å²) in [6.45, 7) is 0. The number of hydrogen-bond acceptors (Lipinski definition) is 2. The number of methoxy groups -OCH3 is 2. The monoisotopic (exact) mass is 410 g/mol. The van der Waals surface area contributed by atoms with Gasteiger partial charge in [0.2, 0.25) is 0 Å². The topological polar surface area (TPSA) is 18.5 Å². The SMILES string of the molecule is COc1ccccc1-c1c(OC)cccc1P(C1CCCCC1)C1CCCCC1. The first-order valence-corrected chi connectivity index (χ1v) is 12.9. The minimum Gasteiger partial charge on any atom is -0.496 e. The molecule has 2 aliphatic carbocycles. The summed E-state index contributed by atoms with van der Waals surface area (Å²) >= 11 is 0. The predicted molar refractivity (Wildman–Crippen MR) is 125 cm³/mol. The molecule has 2 aromatic rings. The van der Waals surface area contributed by atoms with E-state index in [0.29, 0.717) is 0 Å². The fraction of sp³-hybridized carbons (Fsp3) is 0.538. The van der Waals surface area contributed by atoms with Crippen molar-refractivity contribution >= 4 is 13.2 Å². The third kappa shape index (κ3) is 4.48. The number of ether oxygens (including phenoxy) is 2. The van der Waals surface area contributed by atoms with E-state index in [-0.39, 0.29) is 7.92 Å². The summed E-state index contributed by atoms with van der Waals surface area (Å²) in [7, 11) is 3.37. The summed E-state index contributed by atoms with van der Waals surface area (Å²) in [5.74, 6) is 1.94. The average molecular weight is 411 g/mol. The van der Waals surface area contributed by atoms with Gasteiger partial charge in [0.25, 0.3) is 0 Å². The van der Waals surface area contributed by atoms with Crippen LogP contribution in [-0.2, 0) is 0 Å². The highest BCUT2D eigenvalue weighted by atomic mass is 31.1. The Bertz CT molecular complexity index is 773. The van der Waals surface area contributed by atoms with Crippen molar-refractivity contribution in [3.8, 4) is 22.6 Å². The summed E-state index contributed by atoms with van der Waals surface area (Å²) in [4.78, 5) is 0. The Morgan fingerprint density at radius 2 is 1.21 bits per heavy atom. The smallest absolute Gasteiger partial charge is 0.127 e. The van der Waals surface area contributed by atoms with Crippen LogP contribution in [0.5, 0.6) is 11.5 Å². The minimum absolute atomic E-state index is 0.211. The van der Waals surface area contributed by atoms with Gasteiger partial charge in [0.15, 0.2) is 0 Å². The molecule has 0 N–H and O–H groups in total. The lowest BCUT2D eigenvalue weighted by molar-refractivity contribution is 0.410. The zero-order valence-corrected chi connectivity index (χ0v) is 18.9. The van der Waals surface area contributed by atoms with E-state index in [1.54, 1.807) is 12.4 Å². The molecule has 0 spiro atoms. The van der Waals surface area contributed by atoms with E-state index in [2.05, 4.69) is 42.5 Å². The van der Waals surface area contributed by atoms with Crippen molar-refractivity contribution in [2.45, 2.75) is 75.5 Å². The van der Waals surface area contributed by atoms with Crippen molar-refractivity contribution in [1.29, 1.82) is 0 Å². The zero-order chi connectivity index (χ0) is 20.1. The van der Waals surface area contributed by atoms with Crippen molar-refractivity contribution in [3.05, 3.63) is 42.5 Å². The lowest BCUT2D eigenvalue weighted by Crippen LogP contribution is -2.27. The summed E-state index contributed by atoms with van der Waals surface area (Å²) in [6.07, 6.45) is 14.1. The largest absolute Gasteiger partial charge is 0.496 e. The van der Waals surface area contributed by atoms with Crippen molar-refractivity contribution < 1.29 is 9.47 Å². The summed E-state index contributed by atoms with van der Waals surface area (Å²) in [6, 6.07) is 15.2. The van der Waals surface area contributed by atoms with E-state index >= 15 is 0 Å². The summed E-state index contributed by atoms with van der Waals surface area (Å²) in [5.41, 5.74) is 4.20. The number of para-hydroxylation sites is 1. The van der Waals surface area contributed by atoms with E-state index in [9.17, 15) is 0 Å². The van der Waals surface area contributed by atoms with Crippen molar-refractivity contribution in [3.63, 3.8) is 0 Å². The molecule has 0 heterocycles. The maximum absolute atomic E-state index is 5.92. The molecule has 0 aromatic heterocycles. The van der Waals surface area contributed by atoms with Crippen LogP contribution in [-0.4, -0.2) is 25.5 Å². The molecule has 156 valence electrons. The Balaban J connectivity index is 1.85. The van der Waals surface area contributed by atoms with Gasteiger partial charge in [-0.05, 0) is 54.4 Å². The van der Waals surface area contributed by atoms with Crippen LogP contribution in [0.25, 0.3) is 11.1 Å². The molecule has 2 fully saturated rings. The van der Waals surface area contributed by atoms with Crippen LogP contribution >= 0.6 is 7.92 Å². The maximum atomic E-state index is 5.92. The molecule has 0 atom stereocenters. The molecule has 2 nitrogen and oxygen atoms in total. The van der Waals surface area contributed by atoms with Crippen LogP contribution in [0.15, 0.2) is 42.5 Å². The van der Waals surface area contributed by atoms with Gasteiger partial charge in [0.1, 0.15) is 11.5 Å². The van der Waals surface area contributed by atoms with Crippen molar-refractivity contribution in [2.24, 2.45) is 0 Å². The molecule has 29 heavy (non-hydrogen) atoms. The second kappa shape index (κ2) is 9.98. The Morgan fingerprint density at radius 1 is 0.655 bits per heavy atom. The van der Waals surface area contributed by atoms with Crippen LogP contribution in [0.4, 0.5) is 0 Å². The average Bonchev–Trinajstić information content (AvgIpc) is 2.80. The van der Waals surface area contributed by atoms with Gasteiger partial charge < -0.3 is 9.47 Å². The molecule has 0 amide bonds. The second-order valence-corrected chi connectivity index (χ2v) is 11.3. The molecule has 0 bridgehead atoms. The van der Waals surface area contributed by atoms with E-state index in [1.165, 1.54) is 75.3 Å². The lowest BCUT2D eigenvalue weighted by atomic mass is 9.99. The molecule has 2 aromatic carbocycles. The van der Waals surface area contributed by atoms with E-state index < -0.39 is 0 Å².